The van der Waals surface area contributed by atoms with Gasteiger partial charge in [0.25, 0.3) is 0 Å². The molecule has 2 aromatic heterocycles. The van der Waals surface area contributed by atoms with Gasteiger partial charge >= 0.3 is 0 Å². The van der Waals surface area contributed by atoms with Crippen molar-refractivity contribution < 1.29 is 9.26 Å². The molecule has 144 valence electrons. The van der Waals surface area contributed by atoms with Crippen molar-refractivity contribution in [2.45, 2.75) is 45.4 Å². The summed E-state index contributed by atoms with van der Waals surface area (Å²) in [7, 11) is 0. The van der Waals surface area contributed by atoms with Crippen LogP contribution in [0.5, 0.6) is 5.75 Å². The van der Waals surface area contributed by atoms with E-state index in [0.717, 1.165) is 64.9 Å². The number of hydrogen-bond acceptors (Lipinski definition) is 4. The summed E-state index contributed by atoms with van der Waals surface area (Å²) < 4.78 is 11.3. The minimum absolute atomic E-state index is 0.731. The van der Waals surface area contributed by atoms with Crippen molar-refractivity contribution in [3.63, 3.8) is 0 Å². The summed E-state index contributed by atoms with van der Waals surface area (Å²) in [6, 6.07) is 18.6. The van der Waals surface area contributed by atoms with E-state index in [-0.39, 0.29) is 0 Å². The first-order valence-electron chi connectivity index (χ1n) is 10.1. The number of rotatable bonds is 9. The number of aromatic nitrogens is 2. The smallest absolute Gasteiger partial charge is 0.145 e. The van der Waals surface area contributed by atoms with Crippen LogP contribution in [0, 0.1) is 6.92 Å². The zero-order chi connectivity index (χ0) is 19.2. The lowest BCUT2D eigenvalue weighted by Gasteiger charge is -2.09. The van der Waals surface area contributed by atoms with Crippen LogP contribution >= 0.6 is 0 Å². The maximum absolute atomic E-state index is 6.06. The van der Waals surface area contributed by atoms with Crippen LogP contribution in [0.15, 0.2) is 59.1 Å². The number of benzene rings is 2. The first-order valence-corrected chi connectivity index (χ1v) is 10.1. The molecule has 4 rings (SSSR count). The molecule has 0 saturated heterocycles. The van der Waals surface area contributed by atoms with Gasteiger partial charge in [-0.3, -0.25) is 0 Å². The summed E-state index contributed by atoms with van der Waals surface area (Å²) in [5, 5.41) is 6.21. The predicted molar refractivity (Wildman–Crippen MR) is 113 cm³/mol. The number of pyridine rings is 1. The fourth-order valence-electron chi connectivity index (χ4n) is 3.54. The van der Waals surface area contributed by atoms with Gasteiger partial charge in [-0.2, -0.15) is 0 Å². The van der Waals surface area contributed by atoms with Crippen molar-refractivity contribution in [3.8, 4) is 5.75 Å². The van der Waals surface area contributed by atoms with Crippen molar-refractivity contribution >= 4 is 21.8 Å². The van der Waals surface area contributed by atoms with Crippen LogP contribution in [0.4, 0.5) is 0 Å². The Bertz CT molecular complexity index is 1050. The van der Waals surface area contributed by atoms with E-state index < -0.39 is 0 Å². The van der Waals surface area contributed by atoms with Crippen LogP contribution < -0.4 is 4.74 Å². The molecule has 4 nitrogen and oxygen atoms in total. The molecule has 4 heteroatoms. The summed E-state index contributed by atoms with van der Waals surface area (Å²) >= 11 is 0. The lowest BCUT2D eigenvalue weighted by molar-refractivity contribution is 0.307. The maximum atomic E-state index is 6.06. The van der Waals surface area contributed by atoms with E-state index in [1.807, 2.05) is 43.3 Å². The van der Waals surface area contributed by atoms with Crippen molar-refractivity contribution in [2.24, 2.45) is 0 Å². The second kappa shape index (κ2) is 8.87. The Labute approximate surface area is 165 Å². The summed E-state index contributed by atoms with van der Waals surface area (Å²) in [6.07, 6.45) is 6.79. The first-order chi connectivity index (χ1) is 13.8. The molecule has 0 fully saturated rings. The fourth-order valence-corrected chi connectivity index (χ4v) is 3.54. The van der Waals surface area contributed by atoms with Crippen LogP contribution in [0.3, 0.4) is 0 Å². The van der Waals surface area contributed by atoms with E-state index in [1.54, 1.807) is 0 Å². The predicted octanol–water partition coefficient (Wildman–Crippen LogP) is 6.26. The van der Waals surface area contributed by atoms with Gasteiger partial charge in [0, 0.05) is 23.3 Å². The Morgan fingerprint density at radius 2 is 1.68 bits per heavy atom. The number of ether oxygens (including phenoxy) is 1. The standard InChI is InChI=1S/C24H26N2O2/c1-18-16-21(28-26-18)12-5-3-2-4-8-15-27-23-14-9-11-20-17-19-10-6-7-13-22(19)25-24(20)23/h6-7,9-11,13-14,16-17H,2-5,8,12,15H2,1H3. The Morgan fingerprint density at radius 1 is 0.857 bits per heavy atom. The van der Waals surface area contributed by atoms with Crippen LogP contribution in [-0.4, -0.2) is 16.7 Å². The third kappa shape index (κ3) is 4.50. The fraction of sp³-hybridized carbons (Fsp3) is 0.333. The third-order valence-corrected chi connectivity index (χ3v) is 5.01. The van der Waals surface area contributed by atoms with Crippen molar-refractivity contribution in [3.05, 3.63) is 66.1 Å². The first kappa shape index (κ1) is 18.5. The minimum Gasteiger partial charge on any atom is -0.491 e. The van der Waals surface area contributed by atoms with Crippen LogP contribution in [0.1, 0.15) is 43.6 Å². The molecule has 28 heavy (non-hydrogen) atoms. The van der Waals surface area contributed by atoms with Gasteiger partial charge in [0.2, 0.25) is 0 Å². The summed E-state index contributed by atoms with van der Waals surface area (Å²) in [4.78, 5) is 4.81. The average Bonchev–Trinajstić information content (AvgIpc) is 3.13. The number of aryl methyl sites for hydroxylation is 2. The van der Waals surface area contributed by atoms with Crippen LogP contribution in [0.2, 0.25) is 0 Å². The Hall–Kier alpha value is -2.88. The zero-order valence-electron chi connectivity index (χ0n) is 16.4. The number of fused-ring (bicyclic) bond motifs is 2. The molecule has 0 aliphatic heterocycles. The number of unbranched alkanes of at least 4 members (excludes halogenated alkanes) is 4. The molecule has 0 aliphatic rings. The molecule has 0 N–H and O–H groups in total. The Balaban J connectivity index is 1.23. The Morgan fingerprint density at radius 3 is 2.57 bits per heavy atom. The van der Waals surface area contributed by atoms with Crippen LogP contribution in [-0.2, 0) is 6.42 Å². The zero-order valence-corrected chi connectivity index (χ0v) is 16.4. The molecule has 2 aromatic carbocycles. The second-order valence-corrected chi connectivity index (χ2v) is 7.31. The van der Waals surface area contributed by atoms with E-state index >= 15 is 0 Å². The molecule has 0 amide bonds. The van der Waals surface area contributed by atoms with Gasteiger partial charge in [0.15, 0.2) is 0 Å². The third-order valence-electron chi connectivity index (χ3n) is 5.01. The van der Waals surface area contributed by atoms with E-state index in [2.05, 4.69) is 23.4 Å². The van der Waals surface area contributed by atoms with Gasteiger partial charge in [-0.15, -0.1) is 0 Å². The van der Waals surface area contributed by atoms with Gasteiger partial charge < -0.3 is 9.26 Å². The SMILES string of the molecule is Cc1cc(CCCCCCCOc2cccc3cc4ccccc4nc23)on1. The highest BCUT2D eigenvalue weighted by Crippen LogP contribution is 2.27. The number of nitrogens with zero attached hydrogens (tertiary/aromatic N) is 2. The van der Waals surface area contributed by atoms with Gasteiger partial charge in [0.05, 0.1) is 17.8 Å². The van der Waals surface area contributed by atoms with E-state index in [4.69, 9.17) is 14.2 Å². The summed E-state index contributed by atoms with van der Waals surface area (Å²) in [5.41, 5.74) is 2.92. The Kier molecular flexibility index (Phi) is 5.86. The maximum Gasteiger partial charge on any atom is 0.145 e. The highest BCUT2D eigenvalue weighted by atomic mass is 16.5. The normalized spacial score (nSPS) is 11.3. The highest BCUT2D eigenvalue weighted by molar-refractivity contribution is 5.95. The summed E-state index contributed by atoms with van der Waals surface area (Å²) in [5.74, 6) is 1.88. The van der Waals surface area contributed by atoms with Crippen molar-refractivity contribution in [2.75, 3.05) is 6.61 Å². The molecule has 0 radical (unpaired) electrons. The molecule has 0 aliphatic carbocycles. The lowest BCUT2D eigenvalue weighted by Crippen LogP contribution is -1.99. The van der Waals surface area contributed by atoms with Gasteiger partial charge in [-0.25, -0.2) is 4.98 Å². The largest absolute Gasteiger partial charge is 0.491 e. The molecular weight excluding hydrogens is 348 g/mol. The highest BCUT2D eigenvalue weighted by Gasteiger charge is 2.06. The van der Waals surface area contributed by atoms with Crippen molar-refractivity contribution in [1.29, 1.82) is 0 Å². The second-order valence-electron chi connectivity index (χ2n) is 7.31. The van der Waals surface area contributed by atoms with Gasteiger partial charge in [0.1, 0.15) is 17.0 Å². The molecule has 2 heterocycles. The van der Waals surface area contributed by atoms with E-state index in [1.165, 1.54) is 19.3 Å². The molecule has 0 saturated carbocycles. The van der Waals surface area contributed by atoms with Crippen LogP contribution in [0.25, 0.3) is 21.8 Å². The topological polar surface area (TPSA) is 48.2 Å². The molecule has 0 unspecified atom stereocenters. The van der Waals surface area contributed by atoms with E-state index in [0.29, 0.717) is 0 Å². The molecule has 0 spiro atoms. The monoisotopic (exact) mass is 374 g/mol. The molecular formula is C24H26N2O2. The van der Waals surface area contributed by atoms with Crippen molar-refractivity contribution in [1.82, 2.24) is 10.1 Å². The summed E-state index contributed by atoms with van der Waals surface area (Å²) in [6.45, 7) is 2.69. The van der Waals surface area contributed by atoms with E-state index in [9.17, 15) is 0 Å². The lowest BCUT2D eigenvalue weighted by atomic mass is 10.1. The minimum atomic E-state index is 0.731. The van der Waals surface area contributed by atoms with Gasteiger partial charge in [-0.1, -0.05) is 54.8 Å². The molecule has 0 atom stereocenters. The average molecular weight is 374 g/mol. The number of para-hydroxylation sites is 2. The number of hydrogen-bond donors (Lipinski definition) is 0. The quantitative estimate of drug-likeness (QED) is 0.256. The molecule has 0 bridgehead atoms. The molecule has 4 aromatic rings. The van der Waals surface area contributed by atoms with Gasteiger partial charge in [-0.05, 0) is 38.0 Å².